The third-order valence-electron chi connectivity index (χ3n) is 6.05. The predicted molar refractivity (Wildman–Crippen MR) is 193 cm³/mol. The molecule has 0 aliphatic carbocycles. The number of nitrogens with one attached hydrogen (secondary N) is 2. The molecule has 0 fully saturated rings. The number of hydrogen-bond donors (Lipinski definition) is 4. The van der Waals surface area contributed by atoms with Crippen LogP contribution in [-0.2, 0) is 25.9 Å². The van der Waals surface area contributed by atoms with E-state index in [1.54, 1.807) is 0 Å². The molecule has 0 aliphatic heterocycles. The van der Waals surface area contributed by atoms with Gasteiger partial charge in [-0.1, -0.05) is 3.89 Å². The molecule has 2 amide bonds. The molecule has 0 aliphatic rings. The van der Waals surface area contributed by atoms with Crippen molar-refractivity contribution in [3.05, 3.63) is 123 Å². The summed E-state index contributed by atoms with van der Waals surface area (Å²) in [5.41, 5.74) is 2.35. The molecule has 5 aromatic rings. The lowest BCUT2D eigenvalue weighted by Gasteiger charge is -2.08. The fourth-order valence-electron chi connectivity index (χ4n) is 3.35. The molecule has 0 spiro atoms. The number of amides is 2. The number of hydrogen-bond acceptors (Lipinski definition) is 14. The number of rotatable bonds is 7. The first kappa shape index (κ1) is 50.7. The van der Waals surface area contributed by atoms with Gasteiger partial charge >= 0.3 is 33.6 Å². The summed E-state index contributed by atoms with van der Waals surface area (Å²) in [6.07, 6.45) is -2.19. The van der Waals surface area contributed by atoms with Gasteiger partial charge in [0.15, 0.2) is 28.6 Å². The molecule has 17 nitrogen and oxygen atoms in total. The lowest BCUT2D eigenvalue weighted by atomic mass is 10.3. The second-order valence-electron chi connectivity index (χ2n) is 10.3. The minimum absolute atomic E-state index is 0.0695. The van der Waals surface area contributed by atoms with Crippen molar-refractivity contribution in [3.63, 3.8) is 0 Å². The van der Waals surface area contributed by atoms with Crippen LogP contribution in [0.25, 0.3) is 0 Å². The van der Waals surface area contributed by atoms with E-state index in [9.17, 15) is 71.0 Å². The van der Waals surface area contributed by atoms with Crippen LogP contribution >= 0.6 is 31.9 Å². The molecule has 0 bridgehead atoms. The van der Waals surface area contributed by atoms with Crippen LogP contribution < -0.4 is 16.4 Å². The number of benzene rings is 2. The molecule has 0 atom stereocenters. The second-order valence-corrected chi connectivity index (χ2v) is 13.3. The second kappa shape index (κ2) is 21.7. The molecule has 5 N–H and O–H groups in total. The highest BCUT2D eigenvalue weighted by atomic mass is 79.9. The Hall–Kier alpha value is -6.43. The largest absolute Gasteiger partial charge is 0.476 e. The van der Waals surface area contributed by atoms with Gasteiger partial charge in [0.25, 0.3) is 11.8 Å². The number of aromatic nitrogens is 6. The molecule has 5 rings (SSSR count). The summed E-state index contributed by atoms with van der Waals surface area (Å²) >= 11 is 5.96. The number of carboxylic acids is 1. The highest BCUT2D eigenvalue weighted by Crippen LogP contribution is 2.28. The van der Waals surface area contributed by atoms with Crippen LogP contribution in [0.1, 0.15) is 37.2 Å². The Morgan fingerprint density at radius 3 is 1.44 bits per heavy atom. The Kier molecular flexibility index (Phi) is 18.1. The van der Waals surface area contributed by atoms with Crippen molar-refractivity contribution in [2.75, 3.05) is 23.5 Å². The van der Waals surface area contributed by atoms with Gasteiger partial charge in [-0.15, -0.1) is 0 Å². The van der Waals surface area contributed by atoms with Crippen molar-refractivity contribution in [2.24, 2.45) is 0 Å². The predicted octanol–water partition coefficient (Wildman–Crippen LogP) is 6.37. The van der Waals surface area contributed by atoms with Gasteiger partial charge in [-0.2, -0.15) is 39.2 Å². The zero-order valence-electron chi connectivity index (χ0n) is 29.4. The zero-order valence-corrected chi connectivity index (χ0v) is 33.3. The van der Waals surface area contributed by atoms with Crippen LogP contribution in [0.15, 0.2) is 76.3 Å². The van der Waals surface area contributed by atoms with Crippen LogP contribution in [-0.4, -0.2) is 79.5 Å². The van der Waals surface area contributed by atoms with Gasteiger partial charge in [0.05, 0.1) is 25.7 Å². The smallest absolute Gasteiger partial charge is 0.470 e. The third kappa shape index (κ3) is 15.6. The Labute approximate surface area is 350 Å². The van der Waals surface area contributed by atoms with Gasteiger partial charge in [0.1, 0.15) is 20.8 Å². The van der Waals surface area contributed by atoms with E-state index in [1.807, 2.05) is 0 Å². The molecule has 0 saturated heterocycles. The van der Waals surface area contributed by atoms with E-state index >= 15 is 0 Å². The van der Waals surface area contributed by atoms with Gasteiger partial charge in [0, 0.05) is 11.4 Å². The average molecular weight is 1030 g/mol. The number of nitrogen functional groups attached to an aromatic ring is 1. The van der Waals surface area contributed by atoms with Gasteiger partial charge in [-0.25, -0.2) is 48.3 Å². The molecule has 3 aromatic heterocycles. The molecular formula is C31H19Br2F10N9O8S. The number of alkyl halides is 5. The number of methoxy groups -OCH3 is 1. The van der Waals surface area contributed by atoms with Gasteiger partial charge in [0.2, 0.25) is 11.9 Å². The van der Waals surface area contributed by atoms with Crippen LogP contribution in [0, 0.1) is 23.5 Å². The normalized spacial score (nSPS) is 10.9. The first-order valence-electron chi connectivity index (χ1n) is 15.0. The summed E-state index contributed by atoms with van der Waals surface area (Å²) in [6, 6.07) is 9.43. The van der Waals surface area contributed by atoms with Crippen molar-refractivity contribution in [1.82, 2.24) is 29.9 Å². The van der Waals surface area contributed by atoms with Crippen LogP contribution in [0.4, 0.5) is 60.6 Å². The number of esters is 1. The van der Waals surface area contributed by atoms with Crippen molar-refractivity contribution < 1.29 is 80.8 Å². The Morgan fingerprint density at radius 1 is 0.689 bits per heavy atom. The third-order valence-corrected chi connectivity index (χ3v) is 7.60. The lowest BCUT2D eigenvalue weighted by Crippen LogP contribution is -2.36. The topological polar surface area (TPSA) is 259 Å². The molecule has 61 heavy (non-hydrogen) atoms. The summed E-state index contributed by atoms with van der Waals surface area (Å²) < 4.78 is 148. The number of aromatic carboxylic acids is 1. The molecule has 0 unspecified atom stereocenters. The fourth-order valence-corrected chi connectivity index (χ4v) is 4.19. The quantitative estimate of drug-likeness (QED) is 0.0785. The van der Waals surface area contributed by atoms with E-state index in [2.05, 4.69) is 77.1 Å². The maximum Gasteiger partial charge on any atom is 0.470 e. The first-order chi connectivity index (χ1) is 28.2. The molecule has 2 aromatic carbocycles. The minimum atomic E-state index is -6.22. The molecular weight excluding hydrogens is 1010 g/mol. The van der Waals surface area contributed by atoms with E-state index in [0.29, 0.717) is 17.4 Å². The summed E-state index contributed by atoms with van der Waals surface area (Å²) in [5, 5.41) is 7.85. The number of nitrogens with zero attached hydrogens (tertiary/aromatic N) is 6. The van der Waals surface area contributed by atoms with E-state index in [1.165, 1.54) is 30.5 Å². The maximum absolute atomic E-state index is 13.3. The van der Waals surface area contributed by atoms with Gasteiger partial charge in [-0.05, 0) is 80.4 Å². The van der Waals surface area contributed by atoms with Crippen LogP contribution in [0.3, 0.4) is 0 Å². The molecule has 3 heterocycles. The minimum Gasteiger partial charge on any atom is -0.476 e. The van der Waals surface area contributed by atoms with E-state index in [-0.39, 0.29) is 28.0 Å². The number of carbonyl (C=O) groups excluding carboxylic acids is 3. The standard InChI is InChI=1S/C12H6F5N3O.C11H6BrF2N3O.C5H4BrN3O2.C3H3F3O4S/c13-6-1-3-7(4-2-6)19-11(21)9-10(14)18-5-8(20-9)12(15,16)17;12-8-5-15-10(14)9(17-8)11(18)16-7-3-1-6(13)2-4-7;6-2-1-8-4(7)3(9-2)5(10)11;1-10-2(7)3(4,5)11(6,8)9/h1-5H,(H,19,21);1-5H,(H,16,18);1H,(H2,7,8)(H,10,11);1H3. The fraction of sp³-hybridized carbons (Fsp3) is 0.0968. The van der Waals surface area contributed by atoms with Crippen molar-refractivity contribution >= 4 is 83.0 Å². The summed E-state index contributed by atoms with van der Waals surface area (Å²) in [5.74, 6) is -9.11. The van der Waals surface area contributed by atoms with E-state index in [0.717, 1.165) is 30.5 Å². The van der Waals surface area contributed by atoms with Crippen molar-refractivity contribution in [2.45, 2.75) is 11.4 Å². The number of ether oxygens (including phenoxy) is 1. The van der Waals surface area contributed by atoms with E-state index in [4.69, 9.17) is 10.8 Å². The van der Waals surface area contributed by atoms with E-state index < -0.39 is 86.0 Å². The van der Waals surface area contributed by atoms with Gasteiger partial charge < -0.3 is 26.2 Å². The highest BCUT2D eigenvalue weighted by Gasteiger charge is 2.55. The average Bonchev–Trinajstić information content (AvgIpc) is 3.18. The number of nitrogens with two attached hydrogens (primary N) is 1. The Morgan fingerprint density at radius 2 is 1.08 bits per heavy atom. The zero-order chi connectivity index (χ0) is 46.5. The van der Waals surface area contributed by atoms with Crippen LogP contribution in [0.5, 0.6) is 0 Å². The molecule has 30 heteroatoms. The highest BCUT2D eigenvalue weighted by molar-refractivity contribution is 9.10. The number of carboxylic acid groups (broad SMARTS) is 1. The molecule has 0 radical (unpaired) electrons. The summed E-state index contributed by atoms with van der Waals surface area (Å²) in [7, 11) is -5.71. The number of carbonyl (C=O) groups is 4. The van der Waals surface area contributed by atoms with Gasteiger partial charge in [-0.3, -0.25) is 9.59 Å². The van der Waals surface area contributed by atoms with Crippen molar-refractivity contribution in [1.29, 1.82) is 0 Å². The van der Waals surface area contributed by atoms with Crippen molar-refractivity contribution in [3.8, 4) is 0 Å². The molecule has 0 saturated carbocycles. The summed E-state index contributed by atoms with van der Waals surface area (Å²) in [4.78, 5) is 63.6. The maximum atomic E-state index is 13.3. The summed E-state index contributed by atoms with van der Waals surface area (Å²) in [6.45, 7) is 0. The van der Waals surface area contributed by atoms with Crippen LogP contribution in [0.2, 0.25) is 0 Å². The first-order valence-corrected chi connectivity index (χ1v) is 18.0. The number of anilines is 3. The monoisotopic (exact) mass is 1020 g/mol. The Bertz CT molecular complexity index is 2490. The SMILES string of the molecule is COC(=O)C(F)(F)S(=O)(=O)F.Nc1ncc(Br)nc1C(=O)O.O=C(Nc1ccc(F)cc1)c1nc(Br)cnc1F.O=C(Nc1ccc(F)cc1)c1nc(C(F)(F)F)cnc1F. The molecule has 326 valence electrons. The lowest BCUT2D eigenvalue weighted by molar-refractivity contribution is -0.157. The Balaban J connectivity index is 0.000000292. The number of halogens is 12.